The third-order valence-electron chi connectivity index (χ3n) is 1.65. The summed E-state index contributed by atoms with van der Waals surface area (Å²) >= 11 is 0. The van der Waals surface area contributed by atoms with E-state index < -0.39 is 18.4 Å². The van der Waals surface area contributed by atoms with E-state index in [-0.39, 0.29) is 0 Å². The molecule has 0 fully saturated rings. The van der Waals surface area contributed by atoms with Crippen LogP contribution in [0.4, 0.5) is 0 Å². The number of ether oxygens (including phenoxy) is 1. The van der Waals surface area contributed by atoms with Gasteiger partial charge in [-0.25, -0.2) is 4.79 Å². The molecule has 1 aromatic carbocycles. The van der Waals surface area contributed by atoms with E-state index in [0.717, 1.165) is 0 Å². The van der Waals surface area contributed by atoms with E-state index in [4.69, 9.17) is 10.2 Å². The second kappa shape index (κ2) is 4.74. The third-order valence-corrected chi connectivity index (χ3v) is 1.65. The van der Waals surface area contributed by atoms with Crippen LogP contribution in [-0.4, -0.2) is 28.6 Å². The number of rotatable bonds is 3. The van der Waals surface area contributed by atoms with E-state index in [9.17, 15) is 4.79 Å². The summed E-state index contributed by atoms with van der Waals surface area (Å²) in [4.78, 5) is 11.3. The molecule has 2 atom stereocenters. The van der Waals surface area contributed by atoms with Crippen molar-refractivity contribution in [2.75, 3.05) is 0 Å². The molecule has 0 saturated heterocycles. The molecule has 4 heteroatoms. The van der Waals surface area contributed by atoms with Gasteiger partial charge in [-0.2, -0.15) is 0 Å². The fourth-order valence-corrected chi connectivity index (χ4v) is 0.850. The molecule has 4 nitrogen and oxygen atoms in total. The first-order valence-corrected chi connectivity index (χ1v) is 4.23. The maximum absolute atomic E-state index is 11.3. The van der Waals surface area contributed by atoms with Crippen molar-refractivity contribution in [3.8, 4) is 0 Å². The van der Waals surface area contributed by atoms with Gasteiger partial charge in [0.1, 0.15) is 6.10 Å². The SMILES string of the molecule is CC(O)C(O)OC(=O)c1ccccc1. The normalized spacial score (nSPS) is 14.5. The molecule has 0 saturated carbocycles. The van der Waals surface area contributed by atoms with Gasteiger partial charge in [-0.05, 0) is 19.1 Å². The monoisotopic (exact) mass is 196 g/mol. The summed E-state index contributed by atoms with van der Waals surface area (Å²) in [5.41, 5.74) is 0.340. The summed E-state index contributed by atoms with van der Waals surface area (Å²) in [5, 5.41) is 18.0. The molecule has 0 aliphatic rings. The summed E-state index contributed by atoms with van der Waals surface area (Å²) in [6.45, 7) is 1.34. The van der Waals surface area contributed by atoms with Gasteiger partial charge in [0, 0.05) is 0 Å². The van der Waals surface area contributed by atoms with Gasteiger partial charge in [0.05, 0.1) is 5.56 Å². The first kappa shape index (κ1) is 10.7. The Bertz CT molecular complexity index is 294. The Balaban J connectivity index is 2.60. The Morgan fingerprint density at radius 1 is 1.29 bits per heavy atom. The molecule has 0 heterocycles. The van der Waals surface area contributed by atoms with Crippen molar-refractivity contribution >= 4 is 5.97 Å². The number of hydrogen-bond donors (Lipinski definition) is 2. The number of carbonyl (C=O) groups excluding carboxylic acids is 1. The van der Waals surface area contributed by atoms with E-state index in [1.165, 1.54) is 6.92 Å². The lowest BCUT2D eigenvalue weighted by Crippen LogP contribution is -2.28. The highest BCUT2D eigenvalue weighted by Gasteiger charge is 2.16. The minimum atomic E-state index is -1.48. The quantitative estimate of drug-likeness (QED) is 0.547. The van der Waals surface area contributed by atoms with E-state index in [0.29, 0.717) is 5.56 Å². The number of benzene rings is 1. The Labute approximate surface area is 81.8 Å². The average Bonchev–Trinajstić information content (AvgIpc) is 2.19. The number of aliphatic hydroxyl groups excluding tert-OH is 2. The highest BCUT2D eigenvalue weighted by Crippen LogP contribution is 2.04. The number of hydrogen-bond acceptors (Lipinski definition) is 4. The van der Waals surface area contributed by atoms with Gasteiger partial charge in [0.2, 0.25) is 6.29 Å². The van der Waals surface area contributed by atoms with Crippen molar-refractivity contribution in [3.05, 3.63) is 35.9 Å². The molecular weight excluding hydrogens is 184 g/mol. The minimum absolute atomic E-state index is 0.340. The summed E-state index contributed by atoms with van der Waals surface area (Å²) in [6.07, 6.45) is -2.58. The first-order valence-electron chi connectivity index (χ1n) is 4.23. The van der Waals surface area contributed by atoms with E-state index in [2.05, 4.69) is 4.74 Å². The molecule has 0 aromatic heterocycles. The Morgan fingerprint density at radius 3 is 2.36 bits per heavy atom. The number of esters is 1. The maximum Gasteiger partial charge on any atom is 0.340 e. The Kier molecular flexibility index (Phi) is 3.62. The predicted octanol–water partition coefficient (Wildman–Crippen LogP) is 0.543. The van der Waals surface area contributed by atoms with E-state index >= 15 is 0 Å². The van der Waals surface area contributed by atoms with Gasteiger partial charge in [-0.15, -0.1) is 0 Å². The van der Waals surface area contributed by atoms with Crippen LogP contribution in [0.3, 0.4) is 0 Å². The zero-order chi connectivity index (χ0) is 10.6. The molecule has 0 spiro atoms. The van der Waals surface area contributed by atoms with Crippen molar-refractivity contribution in [2.45, 2.75) is 19.3 Å². The fourth-order valence-electron chi connectivity index (χ4n) is 0.850. The molecule has 1 rings (SSSR count). The van der Waals surface area contributed by atoms with Crippen molar-refractivity contribution in [2.24, 2.45) is 0 Å². The molecule has 0 aliphatic heterocycles. The van der Waals surface area contributed by atoms with Crippen LogP contribution in [-0.2, 0) is 4.74 Å². The van der Waals surface area contributed by atoms with Crippen LogP contribution in [0, 0.1) is 0 Å². The van der Waals surface area contributed by atoms with Gasteiger partial charge in [0.15, 0.2) is 0 Å². The van der Waals surface area contributed by atoms with Crippen molar-refractivity contribution < 1.29 is 19.7 Å². The Hall–Kier alpha value is -1.39. The second-order valence-corrected chi connectivity index (χ2v) is 2.90. The van der Waals surface area contributed by atoms with Crippen LogP contribution in [0.5, 0.6) is 0 Å². The van der Waals surface area contributed by atoms with E-state index in [1.54, 1.807) is 30.3 Å². The number of carbonyl (C=O) groups is 1. The molecule has 14 heavy (non-hydrogen) atoms. The molecule has 1 aromatic rings. The van der Waals surface area contributed by atoms with Crippen molar-refractivity contribution in [1.29, 1.82) is 0 Å². The molecule has 2 unspecified atom stereocenters. The lowest BCUT2D eigenvalue weighted by Gasteiger charge is -2.13. The summed E-state index contributed by atoms with van der Waals surface area (Å²) in [5.74, 6) is -0.654. The van der Waals surface area contributed by atoms with Gasteiger partial charge >= 0.3 is 5.97 Å². The lowest BCUT2D eigenvalue weighted by atomic mass is 10.2. The largest absolute Gasteiger partial charge is 0.429 e. The standard InChI is InChI=1S/C10H12O4/c1-7(11)9(12)14-10(13)8-5-3-2-4-6-8/h2-7,9,11-12H,1H3. The van der Waals surface area contributed by atoms with Crippen LogP contribution in [0.1, 0.15) is 17.3 Å². The average molecular weight is 196 g/mol. The molecule has 76 valence electrons. The first-order chi connectivity index (χ1) is 6.61. The molecule has 0 aliphatic carbocycles. The van der Waals surface area contributed by atoms with Gasteiger partial charge in [0.25, 0.3) is 0 Å². The van der Waals surface area contributed by atoms with Crippen LogP contribution in [0.25, 0.3) is 0 Å². The van der Waals surface area contributed by atoms with Gasteiger partial charge < -0.3 is 14.9 Å². The zero-order valence-corrected chi connectivity index (χ0v) is 7.75. The van der Waals surface area contributed by atoms with Crippen molar-refractivity contribution in [1.82, 2.24) is 0 Å². The smallest absolute Gasteiger partial charge is 0.340 e. The minimum Gasteiger partial charge on any atom is -0.429 e. The van der Waals surface area contributed by atoms with Crippen LogP contribution in [0.15, 0.2) is 30.3 Å². The summed E-state index contributed by atoms with van der Waals surface area (Å²) in [7, 11) is 0. The summed E-state index contributed by atoms with van der Waals surface area (Å²) < 4.78 is 4.56. The third kappa shape index (κ3) is 2.83. The molecule has 0 radical (unpaired) electrons. The molecular formula is C10H12O4. The van der Waals surface area contributed by atoms with Crippen molar-refractivity contribution in [3.63, 3.8) is 0 Å². The molecule has 0 bridgehead atoms. The van der Waals surface area contributed by atoms with Crippen LogP contribution in [0.2, 0.25) is 0 Å². The van der Waals surface area contributed by atoms with Crippen LogP contribution >= 0.6 is 0 Å². The predicted molar refractivity (Wildman–Crippen MR) is 49.5 cm³/mol. The topological polar surface area (TPSA) is 66.8 Å². The van der Waals surface area contributed by atoms with Gasteiger partial charge in [-0.3, -0.25) is 0 Å². The highest BCUT2D eigenvalue weighted by atomic mass is 16.6. The lowest BCUT2D eigenvalue weighted by molar-refractivity contribution is -0.123. The Morgan fingerprint density at radius 2 is 1.86 bits per heavy atom. The highest BCUT2D eigenvalue weighted by molar-refractivity contribution is 5.89. The fraction of sp³-hybridized carbons (Fsp3) is 0.300. The van der Waals surface area contributed by atoms with E-state index in [1.807, 2.05) is 0 Å². The number of aliphatic hydroxyl groups is 2. The second-order valence-electron chi connectivity index (χ2n) is 2.90. The van der Waals surface area contributed by atoms with Crippen LogP contribution < -0.4 is 0 Å². The molecule has 0 amide bonds. The zero-order valence-electron chi connectivity index (χ0n) is 7.75. The molecule has 2 N–H and O–H groups in total. The maximum atomic E-state index is 11.3. The van der Waals surface area contributed by atoms with Gasteiger partial charge in [-0.1, -0.05) is 18.2 Å². The summed E-state index contributed by atoms with van der Waals surface area (Å²) in [6, 6.07) is 8.27.